The summed E-state index contributed by atoms with van der Waals surface area (Å²) < 4.78 is 1.07. The minimum atomic E-state index is -0.553. The number of nitro groups is 1. The molecule has 0 radical (unpaired) electrons. The van der Waals surface area contributed by atoms with Gasteiger partial charge in [0.2, 0.25) is 0 Å². The van der Waals surface area contributed by atoms with Crippen molar-refractivity contribution in [2.24, 2.45) is 0 Å². The Kier molecular flexibility index (Phi) is 5.06. The number of benzene rings is 1. The van der Waals surface area contributed by atoms with E-state index in [-0.39, 0.29) is 17.3 Å². The third-order valence-corrected chi connectivity index (χ3v) is 5.17. The van der Waals surface area contributed by atoms with Crippen LogP contribution in [0.1, 0.15) is 5.82 Å². The van der Waals surface area contributed by atoms with Crippen molar-refractivity contribution in [2.75, 3.05) is 5.32 Å². The molecule has 3 heterocycles. The lowest BCUT2D eigenvalue weighted by Gasteiger charge is -2.09. The van der Waals surface area contributed by atoms with Crippen LogP contribution >= 0.6 is 22.9 Å². The zero-order valence-corrected chi connectivity index (χ0v) is 16.1. The van der Waals surface area contributed by atoms with Crippen molar-refractivity contribution in [3.8, 4) is 16.4 Å². The molecule has 0 bridgehead atoms. The first-order valence-corrected chi connectivity index (χ1v) is 9.50. The topological polar surface area (TPSA) is 132 Å². The minimum Gasteiger partial charge on any atom is -0.375 e. The van der Waals surface area contributed by atoms with E-state index < -0.39 is 10.5 Å². The Labute approximate surface area is 172 Å². The van der Waals surface area contributed by atoms with Crippen LogP contribution in [0.3, 0.4) is 0 Å². The molecule has 0 aliphatic carbocycles. The van der Waals surface area contributed by atoms with E-state index in [0.29, 0.717) is 23.0 Å². The molecule has 0 spiro atoms. The van der Waals surface area contributed by atoms with Gasteiger partial charge >= 0.3 is 0 Å². The number of H-pyrrole nitrogens is 1. The predicted molar refractivity (Wildman–Crippen MR) is 109 cm³/mol. The van der Waals surface area contributed by atoms with Crippen LogP contribution in [0.4, 0.5) is 11.4 Å². The molecule has 4 rings (SSSR count). The molecule has 12 heteroatoms. The molecule has 3 aromatic heterocycles. The molecule has 0 saturated carbocycles. The molecule has 0 aliphatic heterocycles. The van der Waals surface area contributed by atoms with Gasteiger partial charge in [-0.1, -0.05) is 17.7 Å². The van der Waals surface area contributed by atoms with Gasteiger partial charge in [-0.3, -0.25) is 20.0 Å². The van der Waals surface area contributed by atoms with Gasteiger partial charge in [0.15, 0.2) is 5.82 Å². The van der Waals surface area contributed by atoms with Crippen LogP contribution in [-0.2, 0) is 6.54 Å². The number of nitrogens with one attached hydrogen (secondary N) is 2. The Hall–Kier alpha value is -3.57. The largest absolute Gasteiger partial charge is 0.375 e. The average molecular weight is 430 g/mol. The smallest absolute Gasteiger partial charge is 0.292 e. The van der Waals surface area contributed by atoms with Gasteiger partial charge in [-0.25, -0.2) is 4.98 Å². The monoisotopic (exact) mass is 429 g/mol. The van der Waals surface area contributed by atoms with E-state index in [1.54, 1.807) is 0 Å². The number of thiophene rings is 1. The molecule has 0 atom stereocenters. The second kappa shape index (κ2) is 7.81. The molecule has 0 amide bonds. The third kappa shape index (κ3) is 3.86. The van der Waals surface area contributed by atoms with Gasteiger partial charge < -0.3 is 5.32 Å². The first-order valence-electron chi connectivity index (χ1n) is 8.24. The lowest BCUT2D eigenvalue weighted by atomic mass is 10.3. The van der Waals surface area contributed by atoms with E-state index in [2.05, 4.69) is 25.6 Å². The van der Waals surface area contributed by atoms with Crippen molar-refractivity contribution in [2.45, 2.75) is 6.54 Å². The van der Waals surface area contributed by atoms with Gasteiger partial charge in [-0.05, 0) is 23.6 Å². The molecule has 10 nitrogen and oxygen atoms in total. The molecule has 4 aromatic rings. The first kappa shape index (κ1) is 18.8. The number of halogens is 1. The van der Waals surface area contributed by atoms with Crippen LogP contribution in [-0.4, -0.2) is 29.9 Å². The summed E-state index contributed by atoms with van der Waals surface area (Å²) in [5, 5.41) is 26.7. The Bertz CT molecular complexity index is 1220. The number of hydrogen-bond acceptors (Lipinski definition) is 8. The number of non-ortho nitro benzene ring substituents is 1. The molecule has 146 valence electrons. The highest BCUT2D eigenvalue weighted by Crippen LogP contribution is 2.21. The van der Waals surface area contributed by atoms with Crippen molar-refractivity contribution in [1.82, 2.24) is 25.0 Å². The Balaban J connectivity index is 1.51. The second-order valence-corrected chi connectivity index (χ2v) is 7.12. The van der Waals surface area contributed by atoms with E-state index in [4.69, 9.17) is 11.6 Å². The van der Waals surface area contributed by atoms with Crippen molar-refractivity contribution in [3.63, 3.8) is 0 Å². The molecule has 0 unspecified atom stereocenters. The van der Waals surface area contributed by atoms with Crippen LogP contribution in [0.15, 0.2) is 52.8 Å². The van der Waals surface area contributed by atoms with Crippen LogP contribution < -0.4 is 10.9 Å². The number of anilines is 1. The highest BCUT2D eigenvalue weighted by atomic mass is 35.5. The summed E-state index contributed by atoms with van der Waals surface area (Å²) in [5.41, 5.74) is 0.0660. The summed E-state index contributed by atoms with van der Waals surface area (Å²) >= 11 is 7.73. The van der Waals surface area contributed by atoms with Gasteiger partial charge in [-0.2, -0.15) is 14.9 Å². The lowest BCUT2D eigenvalue weighted by Crippen LogP contribution is -2.22. The number of nitro benzene ring substituents is 1. The molecular weight excluding hydrogens is 418 g/mol. The highest BCUT2D eigenvalue weighted by Gasteiger charge is 2.13. The summed E-state index contributed by atoms with van der Waals surface area (Å²) in [6.45, 7) is 0.265. The van der Waals surface area contributed by atoms with Crippen molar-refractivity contribution in [3.05, 3.63) is 79.3 Å². The number of aromatic nitrogens is 5. The number of aromatic amines is 1. The quantitative estimate of drug-likeness (QED) is 0.355. The van der Waals surface area contributed by atoms with Crippen LogP contribution in [0.25, 0.3) is 16.4 Å². The standard InChI is InChI=1S/C17H12ClN7O3S/c18-15-12(19-9-14-21-16(23-22-14)13-2-1-7-29-13)8-20-24(17(15)26)10-3-5-11(6-4-10)25(27)28/h1-8,19H,9H2,(H,21,22,23). The van der Waals surface area contributed by atoms with Crippen molar-refractivity contribution >= 4 is 34.3 Å². The van der Waals surface area contributed by atoms with Gasteiger partial charge in [-0.15, -0.1) is 11.3 Å². The van der Waals surface area contributed by atoms with E-state index >= 15 is 0 Å². The zero-order chi connectivity index (χ0) is 20.4. The van der Waals surface area contributed by atoms with Gasteiger partial charge in [0.05, 0.1) is 33.9 Å². The Morgan fingerprint density at radius 2 is 2.07 bits per heavy atom. The van der Waals surface area contributed by atoms with Crippen LogP contribution in [0.5, 0.6) is 0 Å². The average Bonchev–Trinajstić information content (AvgIpc) is 3.41. The first-order chi connectivity index (χ1) is 14.0. The van der Waals surface area contributed by atoms with Crippen molar-refractivity contribution in [1.29, 1.82) is 0 Å². The third-order valence-electron chi connectivity index (χ3n) is 3.94. The summed E-state index contributed by atoms with van der Waals surface area (Å²) in [4.78, 5) is 28.1. The fraction of sp³-hybridized carbons (Fsp3) is 0.0588. The molecule has 29 heavy (non-hydrogen) atoms. The van der Waals surface area contributed by atoms with Crippen LogP contribution in [0.2, 0.25) is 5.02 Å². The molecule has 0 saturated heterocycles. The fourth-order valence-electron chi connectivity index (χ4n) is 2.52. The maximum Gasteiger partial charge on any atom is 0.292 e. The van der Waals surface area contributed by atoms with Crippen molar-refractivity contribution < 1.29 is 4.92 Å². The van der Waals surface area contributed by atoms with E-state index in [1.165, 1.54) is 41.8 Å². The minimum absolute atomic E-state index is 0.0589. The summed E-state index contributed by atoms with van der Waals surface area (Å²) in [7, 11) is 0. The Morgan fingerprint density at radius 3 is 2.76 bits per heavy atom. The van der Waals surface area contributed by atoms with Gasteiger partial charge in [0.25, 0.3) is 11.2 Å². The maximum atomic E-state index is 12.5. The SMILES string of the molecule is O=c1c(Cl)c(NCc2nc(-c3cccs3)n[nH]2)cnn1-c1ccc([N+](=O)[O-])cc1. The highest BCUT2D eigenvalue weighted by molar-refractivity contribution is 7.13. The Morgan fingerprint density at radius 1 is 1.28 bits per heavy atom. The molecular formula is C17H12ClN7O3S. The number of nitrogens with zero attached hydrogens (tertiary/aromatic N) is 5. The lowest BCUT2D eigenvalue weighted by molar-refractivity contribution is -0.384. The summed E-state index contributed by atoms with van der Waals surface area (Å²) in [6.07, 6.45) is 1.40. The summed E-state index contributed by atoms with van der Waals surface area (Å²) in [5.74, 6) is 1.17. The molecule has 0 aliphatic rings. The molecule has 2 N–H and O–H groups in total. The second-order valence-electron chi connectivity index (χ2n) is 5.80. The predicted octanol–water partition coefficient (Wildman–Crippen LogP) is 3.25. The normalized spacial score (nSPS) is 10.8. The van der Waals surface area contributed by atoms with E-state index in [9.17, 15) is 14.9 Å². The fourth-order valence-corrected chi connectivity index (χ4v) is 3.38. The van der Waals surface area contributed by atoms with Gasteiger partial charge in [0.1, 0.15) is 10.8 Å². The van der Waals surface area contributed by atoms with Gasteiger partial charge in [0, 0.05) is 12.1 Å². The number of hydrogen-bond donors (Lipinski definition) is 2. The van der Waals surface area contributed by atoms with Crippen LogP contribution in [0, 0.1) is 10.1 Å². The zero-order valence-electron chi connectivity index (χ0n) is 14.6. The molecule has 0 fully saturated rings. The number of rotatable bonds is 6. The van der Waals surface area contributed by atoms with E-state index in [1.807, 2.05) is 17.5 Å². The molecule has 1 aromatic carbocycles. The summed E-state index contributed by atoms with van der Waals surface area (Å²) in [6, 6.07) is 9.27. The maximum absolute atomic E-state index is 12.5. The van der Waals surface area contributed by atoms with E-state index in [0.717, 1.165) is 9.56 Å².